The zero-order valence-electron chi connectivity index (χ0n) is 13.0. The number of amides is 1. The summed E-state index contributed by atoms with van der Waals surface area (Å²) >= 11 is 0. The molecule has 3 N–H and O–H groups in total. The number of benzene rings is 1. The van der Waals surface area contributed by atoms with E-state index in [0.29, 0.717) is 24.3 Å². The summed E-state index contributed by atoms with van der Waals surface area (Å²) in [5.74, 6) is 0.161. The number of nitrogens with two attached hydrogens (primary N) is 1. The first-order chi connectivity index (χ1) is 10.3. The molecule has 7 heteroatoms. The van der Waals surface area contributed by atoms with E-state index in [9.17, 15) is 13.2 Å². The number of hydrogen-bond donors (Lipinski definition) is 2. The van der Waals surface area contributed by atoms with Crippen molar-refractivity contribution >= 4 is 21.6 Å². The fourth-order valence-electron chi connectivity index (χ4n) is 2.75. The van der Waals surface area contributed by atoms with Gasteiger partial charge in [-0.3, -0.25) is 4.79 Å². The zero-order chi connectivity index (χ0) is 16.3. The molecule has 1 amide bonds. The number of piperidine rings is 1. The van der Waals surface area contributed by atoms with Crippen molar-refractivity contribution in [3.05, 3.63) is 29.8 Å². The lowest BCUT2D eigenvalue weighted by Gasteiger charge is -2.33. The lowest BCUT2D eigenvalue weighted by Crippen LogP contribution is -2.45. The molecule has 0 radical (unpaired) electrons. The minimum Gasteiger partial charge on any atom is -0.399 e. The Bertz CT molecular complexity index is 620. The minimum atomic E-state index is -3.11. The van der Waals surface area contributed by atoms with Gasteiger partial charge in [0, 0.05) is 30.4 Å². The van der Waals surface area contributed by atoms with Crippen LogP contribution in [0.1, 0.15) is 30.1 Å². The Morgan fingerprint density at radius 2 is 1.82 bits per heavy atom. The highest BCUT2D eigenvalue weighted by Gasteiger charge is 2.28. The predicted molar refractivity (Wildman–Crippen MR) is 86.9 cm³/mol. The van der Waals surface area contributed by atoms with Crippen LogP contribution in [0.5, 0.6) is 0 Å². The van der Waals surface area contributed by atoms with Gasteiger partial charge in [0.2, 0.25) is 10.0 Å². The van der Waals surface area contributed by atoms with Crippen LogP contribution in [0.25, 0.3) is 0 Å². The average Bonchev–Trinajstić information content (AvgIpc) is 2.47. The highest BCUT2D eigenvalue weighted by Crippen LogP contribution is 2.22. The Morgan fingerprint density at radius 3 is 2.32 bits per heavy atom. The first kappa shape index (κ1) is 16.8. The molecule has 22 heavy (non-hydrogen) atoms. The van der Waals surface area contributed by atoms with Crippen molar-refractivity contribution in [2.45, 2.75) is 25.8 Å². The molecular weight excluding hydrogens is 302 g/mol. The summed E-state index contributed by atoms with van der Waals surface area (Å²) in [5.41, 5.74) is 6.81. The van der Waals surface area contributed by atoms with Crippen molar-refractivity contribution in [2.75, 3.05) is 25.1 Å². The molecule has 1 aliphatic rings. The SMILES string of the molecule is CC(NC(=O)c1ccc(N)cc1)C1CCN(S(C)(=O)=O)CC1. The Balaban J connectivity index is 1.89. The first-order valence-corrected chi connectivity index (χ1v) is 9.23. The number of nitrogens with zero attached hydrogens (tertiary/aromatic N) is 1. The van der Waals surface area contributed by atoms with Crippen LogP contribution >= 0.6 is 0 Å². The summed E-state index contributed by atoms with van der Waals surface area (Å²) in [6, 6.07) is 6.80. The van der Waals surface area contributed by atoms with Crippen LogP contribution < -0.4 is 11.1 Å². The van der Waals surface area contributed by atoms with Gasteiger partial charge in [0.25, 0.3) is 5.91 Å². The number of carbonyl (C=O) groups is 1. The fourth-order valence-corrected chi connectivity index (χ4v) is 3.62. The summed E-state index contributed by atoms with van der Waals surface area (Å²) in [5, 5.41) is 2.99. The van der Waals surface area contributed by atoms with Gasteiger partial charge in [-0.1, -0.05) is 0 Å². The largest absolute Gasteiger partial charge is 0.399 e. The molecule has 122 valence electrons. The van der Waals surface area contributed by atoms with E-state index < -0.39 is 10.0 Å². The van der Waals surface area contributed by atoms with Gasteiger partial charge in [0.15, 0.2) is 0 Å². The monoisotopic (exact) mass is 325 g/mol. The van der Waals surface area contributed by atoms with E-state index in [-0.39, 0.29) is 17.9 Å². The molecule has 0 spiro atoms. The number of anilines is 1. The second-order valence-electron chi connectivity index (χ2n) is 5.88. The molecule has 2 rings (SSSR count). The quantitative estimate of drug-likeness (QED) is 0.810. The van der Waals surface area contributed by atoms with E-state index in [1.54, 1.807) is 24.3 Å². The van der Waals surface area contributed by atoms with Crippen molar-refractivity contribution in [1.29, 1.82) is 0 Å². The molecule has 1 saturated heterocycles. The summed E-state index contributed by atoms with van der Waals surface area (Å²) in [6.45, 7) is 3.01. The maximum Gasteiger partial charge on any atom is 0.251 e. The third kappa shape index (κ3) is 4.20. The topological polar surface area (TPSA) is 92.5 Å². The maximum atomic E-state index is 12.2. The molecular formula is C15H23N3O3S. The molecule has 6 nitrogen and oxygen atoms in total. The summed E-state index contributed by atoms with van der Waals surface area (Å²) in [7, 11) is -3.11. The Kier molecular flexibility index (Phi) is 5.08. The number of carbonyl (C=O) groups excluding carboxylic acids is 1. The van der Waals surface area contributed by atoms with Gasteiger partial charge in [0.1, 0.15) is 0 Å². The molecule has 0 aromatic heterocycles. The second kappa shape index (κ2) is 6.66. The van der Waals surface area contributed by atoms with E-state index in [4.69, 9.17) is 5.73 Å². The molecule has 0 saturated carbocycles. The number of nitrogen functional groups attached to an aromatic ring is 1. The van der Waals surface area contributed by atoms with Gasteiger partial charge in [-0.15, -0.1) is 0 Å². The average molecular weight is 325 g/mol. The standard InChI is InChI=1S/C15H23N3O3S/c1-11(12-7-9-18(10-8-12)22(2,20)21)17-15(19)13-3-5-14(16)6-4-13/h3-6,11-12H,7-10,16H2,1-2H3,(H,17,19). The van der Waals surface area contributed by atoms with E-state index in [0.717, 1.165) is 12.8 Å². The highest BCUT2D eigenvalue weighted by molar-refractivity contribution is 7.88. The Labute approximate surface area is 131 Å². The molecule has 0 bridgehead atoms. The second-order valence-corrected chi connectivity index (χ2v) is 7.87. The number of sulfonamides is 1. The summed E-state index contributed by atoms with van der Waals surface area (Å²) < 4.78 is 24.5. The fraction of sp³-hybridized carbons (Fsp3) is 0.533. The minimum absolute atomic E-state index is 0.00626. The number of nitrogens with one attached hydrogen (secondary N) is 1. The van der Waals surface area contributed by atoms with E-state index in [2.05, 4.69) is 5.32 Å². The van der Waals surface area contributed by atoms with Crippen LogP contribution in [0.4, 0.5) is 5.69 Å². The lowest BCUT2D eigenvalue weighted by molar-refractivity contribution is 0.0915. The van der Waals surface area contributed by atoms with Gasteiger partial charge in [-0.25, -0.2) is 12.7 Å². The molecule has 1 aliphatic heterocycles. The lowest BCUT2D eigenvalue weighted by atomic mass is 9.91. The summed E-state index contributed by atoms with van der Waals surface area (Å²) in [4.78, 5) is 12.2. The van der Waals surface area contributed by atoms with Crippen LogP contribution in [0.15, 0.2) is 24.3 Å². The molecule has 1 heterocycles. The van der Waals surface area contributed by atoms with Crippen LogP contribution in [0.3, 0.4) is 0 Å². The van der Waals surface area contributed by atoms with Gasteiger partial charge >= 0.3 is 0 Å². The van der Waals surface area contributed by atoms with Crippen LogP contribution in [0.2, 0.25) is 0 Å². The van der Waals surface area contributed by atoms with Crippen LogP contribution in [-0.2, 0) is 10.0 Å². The van der Waals surface area contributed by atoms with E-state index in [1.807, 2.05) is 6.92 Å². The van der Waals surface area contributed by atoms with E-state index >= 15 is 0 Å². The highest BCUT2D eigenvalue weighted by atomic mass is 32.2. The normalized spacial score (nSPS) is 18.8. The third-order valence-electron chi connectivity index (χ3n) is 4.21. The Morgan fingerprint density at radius 1 is 1.27 bits per heavy atom. The van der Waals surface area contributed by atoms with Crippen molar-refractivity contribution < 1.29 is 13.2 Å². The van der Waals surface area contributed by atoms with Gasteiger partial charge in [0.05, 0.1) is 6.26 Å². The molecule has 1 unspecified atom stereocenters. The van der Waals surface area contributed by atoms with Gasteiger partial charge in [-0.2, -0.15) is 0 Å². The van der Waals surface area contributed by atoms with Gasteiger partial charge < -0.3 is 11.1 Å². The number of rotatable bonds is 4. The zero-order valence-corrected chi connectivity index (χ0v) is 13.8. The van der Waals surface area contributed by atoms with Crippen molar-refractivity contribution in [3.8, 4) is 0 Å². The molecule has 1 fully saturated rings. The maximum absolute atomic E-state index is 12.2. The van der Waals surface area contributed by atoms with Crippen LogP contribution in [0, 0.1) is 5.92 Å². The van der Waals surface area contributed by atoms with Crippen molar-refractivity contribution in [1.82, 2.24) is 9.62 Å². The number of hydrogen-bond acceptors (Lipinski definition) is 4. The molecule has 1 aromatic carbocycles. The third-order valence-corrected chi connectivity index (χ3v) is 5.51. The van der Waals surface area contributed by atoms with Gasteiger partial charge in [-0.05, 0) is 49.9 Å². The van der Waals surface area contributed by atoms with Crippen LogP contribution in [-0.4, -0.2) is 44.0 Å². The molecule has 1 aromatic rings. The van der Waals surface area contributed by atoms with Crippen molar-refractivity contribution in [2.24, 2.45) is 5.92 Å². The summed E-state index contributed by atoms with van der Waals surface area (Å²) in [6.07, 6.45) is 2.76. The smallest absolute Gasteiger partial charge is 0.251 e. The molecule has 0 aliphatic carbocycles. The predicted octanol–water partition coefficient (Wildman–Crippen LogP) is 1.06. The Hall–Kier alpha value is -1.60. The molecule has 1 atom stereocenters. The van der Waals surface area contributed by atoms with Crippen molar-refractivity contribution in [3.63, 3.8) is 0 Å². The first-order valence-electron chi connectivity index (χ1n) is 7.39. The van der Waals surface area contributed by atoms with E-state index in [1.165, 1.54) is 10.6 Å².